The van der Waals surface area contributed by atoms with E-state index in [-0.39, 0.29) is 6.10 Å². The summed E-state index contributed by atoms with van der Waals surface area (Å²) in [5.74, 6) is 0.459. The third kappa shape index (κ3) is 2.56. The van der Waals surface area contributed by atoms with Gasteiger partial charge in [-0.3, -0.25) is 0 Å². The van der Waals surface area contributed by atoms with Gasteiger partial charge >= 0.3 is 0 Å². The van der Waals surface area contributed by atoms with Crippen molar-refractivity contribution < 1.29 is 9.84 Å². The number of rotatable bonds is 3. The number of aromatic nitrogens is 1. The molecule has 0 amide bonds. The van der Waals surface area contributed by atoms with Crippen LogP contribution in [0, 0.1) is 12.8 Å². The molecule has 2 heterocycles. The van der Waals surface area contributed by atoms with E-state index in [0.717, 1.165) is 23.7 Å². The highest BCUT2D eigenvalue weighted by Crippen LogP contribution is 2.25. The highest BCUT2D eigenvalue weighted by atomic mass is 32.1. The lowest BCUT2D eigenvalue weighted by Crippen LogP contribution is -2.31. The van der Waals surface area contributed by atoms with E-state index in [1.54, 1.807) is 11.3 Å². The summed E-state index contributed by atoms with van der Waals surface area (Å²) in [5.41, 5.74) is 1.03. The molecule has 0 radical (unpaired) electrons. The van der Waals surface area contributed by atoms with Gasteiger partial charge < -0.3 is 9.84 Å². The molecule has 1 aliphatic rings. The second-order valence-electron chi connectivity index (χ2n) is 4.26. The SMILES string of the molecule is Cc1csc(CC(O)C2OCCC2C)n1. The van der Waals surface area contributed by atoms with Crippen LogP contribution >= 0.6 is 11.3 Å². The van der Waals surface area contributed by atoms with Crippen molar-refractivity contribution in [1.82, 2.24) is 4.98 Å². The number of hydrogen-bond acceptors (Lipinski definition) is 4. The van der Waals surface area contributed by atoms with Gasteiger partial charge in [-0.15, -0.1) is 11.3 Å². The Labute approximate surface area is 94.1 Å². The van der Waals surface area contributed by atoms with Crippen LogP contribution in [-0.2, 0) is 11.2 Å². The topological polar surface area (TPSA) is 42.4 Å². The Kier molecular flexibility index (Phi) is 3.38. The maximum Gasteiger partial charge on any atom is 0.0954 e. The van der Waals surface area contributed by atoms with Gasteiger partial charge in [0.1, 0.15) is 0 Å². The van der Waals surface area contributed by atoms with Gasteiger partial charge in [0.05, 0.1) is 17.2 Å². The fraction of sp³-hybridized carbons (Fsp3) is 0.727. The van der Waals surface area contributed by atoms with Crippen molar-refractivity contribution in [2.24, 2.45) is 5.92 Å². The minimum atomic E-state index is -0.409. The summed E-state index contributed by atoms with van der Waals surface area (Å²) >= 11 is 1.61. The molecule has 2 rings (SSSR count). The van der Waals surface area contributed by atoms with Crippen LogP contribution in [0.1, 0.15) is 24.0 Å². The van der Waals surface area contributed by atoms with Crippen LogP contribution in [0.15, 0.2) is 5.38 Å². The molecule has 0 aliphatic carbocycles. The summed E-state index contributed by atoms with van der Waals surface area (Å²) < 4.78 is 5.53. The van der Waals surface area contributed by atoms with Crippen LogP contribution in [0.5, 0.6) is 0 Å². The van der Waals surface area contributed by atoms with Crippen molar-refractivity contribution in [1.29, 1.82) is 0 Å². The van der Waals surface area contributed by atoms with E-state index in [0.29, 0.717) is 12.3 Å². The second kappa shape index (κ2) is 4.60. The summed E-state index contributed by atoms with van der Waals surface area (Å²) in [4.78, 5) is 4.35. The maximum atomic E-state index is 10.0. The van der Waals surface area contributed by atoms with Crippen LogP contribution in [-0.4, -0.2) is 28.9 Å². The molecule has 4 heteroatoms. The van der Waals surface area contributed by atoms with Gasteiger partial charge in [-0.1, -0.05) is 6.92 Å². The number of hydrogen-bond donors (Lipinski definition) is 1. The third-order valence-corrected chi connectivity index (χ3v) is 3.86. The molecule has 0 bridgehead atoms. The first-order valence-corrected chi connectivity index (χ1v) is 6.25. The molecule has 1 aromatic rings. The number of thiazole rings is 1. The van der Waals surface area contributed by atoms with Crippen molar-refractivity contribution in [2.75, 3.05) is 6.61 Å². The molecule has 15 heavy (non-hydrogen) atoms. The van der Waals surface area contributed by atoms with Gasteiger partial charge in [0.15, 0.2) is 0 Å². The Morgan fingerprint density at radius 1 is 1.73 bits per heavy atom. The van der Waals surface area contributed by atoms with Gasteiger partial charge in [0.2, 0.25) is 0 Å². The predicted octanol–water partition coefficient (Wildman–Crippen LogP) is 1.78. The first kappa shape index (κ1) is 11.0. The quantitative estimate of drug-likeness (QED) is 0.856. The molecule has 3 atom stereocenters. The Hall–Kier alpha value is -0.450. The van der Waals surface area contributed by atoms with Crippen molar-refractivity contribution in [3.05, 3.63) is 16.1 Å². The molecule has 1 N–H and O–H groups in total. The van der Waals surface area contributed by atoms with E-state index in [9.17, 15) is 5.11 Å². The lowest BCUT2D eigenvalue weighted by atomic mass is 9.98. The molecule has 0 aromatic carbocycles. The highest BCUT2D eigenvalue weighted by Gasteiger charge is 2.31. The normalized spacial score (nSPS) is 28.2. The van der Waals surface area contributed by atoms with Crippen LogP contribution < -0.4 is 0 Å². The molecule has 1 aliphatic heterocycles. The molecule has 1 aromatic heterocycles. The Bertz CT molecular complexity index is 326. The van der Waals surface area contributed by atoms with E-state index >= 15 is 0 Å². The number of aryl methyl sites for hydroxylation is 1. The zero-order valence-corrected chi connectivity index (χ0v) is 9.96. The number of ether oxygens (including phenoxy) is 1. The van der Waals surface area contributed by atoms with Crippen molar-refractivity contribution >= 4 is 11.3 Å². The van der Waals surface area contributed by atoms with Gasteiger partial charge in [-0.25, -0.2) is 4.98 Å². The van der Waals surface area contributed by atoms with Gasteiger partial charge in [0.25, 0.3) is 0 Å². The zero-order chi connectivity index (χ0) is 10.8. The summed E-state index contributed by atoms with van der Waals surface area (Å²) in [6, 6.07) is 0. The first-order chi connectivity index (χ1) is 7.16. The van der Waals surface area contributed by atoms with Crippen molar-refractivity contribution in [3.8, 4) is 0 Å². The van der Waals surface area contributed by atoms with Gasteiger partial charge in [-0.2, -0.15) is 0 Å². The summed E-state index contributed by atoms with van der Waals surface area (Å²) in [5, 5.41) is 13.0. The number of nitrogens with zero attached hydrogens (tertiary/aromatic N) is 1. The Morgan fingerprint density at radius 3 is 3.07 bits per heavy atom. The largest absolute Gasteiger partial charge is 0.390 e. The summed E-state index contributed by atoms with van der Waals surface area (Å²) in [7, 11) is 0. The fourth-order valence-electron chi connectivity index (χ4n) is 2.00. The first-order valence-electron chi connectivity index (χ1n) is 5.37. The zero-order valence-electron chi connectivity index (χ0n) is 9.14. The fourth-order valence-corrected chi connectivity index (χ4v) is 2.82. The monoisotopic (exact) mass is 227 g/mol. The molecule has 84 valence electrons. The van der Waals surface area contributed by atoms with E-state index < -0.39 is 6.10 Å². The highest BCUT2D eigenvalue weighted by molar-refractivity contribution is 7.09. The van der Waals surface area contributed by atoms with Crippen molar-refractivity contribution in [3.63, 3.8) is 0 Å². The maximum absolute atomic E-state index is 10.0. The molecular formula is C11H17NO2S. The minimum Gasteiger partial charge on any atom is -0.390 e. The summed E-state index contributed by atoms with van der Waals surface area (Å²) in [6.07, 6.45) is 1.26. The molecule has 3 nitrogen and oxygen atoms in total. The van der Waals surface area contributed by atoms with E-state index in [4.69, 9.17) is 4.74 Å². The van der Waals surface area contributed by atoms with Crippen LogP contribution in [0.25, 0.3) is 0 Å². The molecular weight excluding hydrogens is 210 g/mol. The molecule has 0 saturated carbocycles. The minimum absolute atomic E-state index is 0.00536. The summed E-state index contributed by atoms with van der Waals surface area (Å²) in [6.45, 7) is 4.88. The third-order valence-electron chi connectivity index (χ3n) is 2.87. The molecule has 3 unspecified atom stereocenters. The Balaban J connectivity index is 1.94. The molecule has 1 fully saturated rings. The van der Waals surface area contributed by atoms with E-state index in [2.05, 4.69) is 11.9 Å². The van der Waals surface area contributed by atoms with E-state index in [1.165, 1.54) is 0 Å². The van der Waals surface area contributed by atoms with Crippen LogP contribution in [0.3, 0.4) is 0 Å². The van der Waals surface area contributed by atoms with Crippen LogP contribution in [0.2, 0.25) is 0 Å². The lowest BCUT2D eigenvalue weighted by molar-refractivity contribution is -0.0157. The number of aliphatic hydroxyl groups excluding tert-OH is 1. The van der Waals surface area contributed by atoms with Crippen LogP contribution in [0.4, 0.5) is 0 Å². The van der Waals surface area contributed by atoms with E-state index in [1.807, 2.05) is 12.3 Å². The predicted molar refractivity (Wildman–Crippen MR) is 60.1 cm³/mol. The Morgan fingerprint density at radius 2 is 2.53 bits per heavy atom. The average molecular weight is 227 g/mol. The second-order valence-corrected chi connectivity index (χ2v) is 5.20. The standard InChI is InChI=1S/C11H17NO2S/c1-7-3-4-14-11(7)9(13)5-10-12-8(2)6-15-10/h6-7,9,11,13H,3-5H2,1-2H3. The lowest BCUT2D eigenvalue weighted by Gasteiger charge is -2.20. The average Bonchev–Trinajstić information content (AvgIpc) is 2.75. The molecule has 0 spiro atoms. The van der Waals surface area contributed by atoms with Gasteiger partial charge in [-0.05, 0) is 19.3 Å². The number of aliphatic hydroxyl groups is 1. The van der Waals surface area contributed by atoms with Gasteiger partial charge in [0, 0.05) is 24.1 Å². The van der Waals surface area contributed by atoms with Crippen molar-refractivity contribution in [2.45, 2.75) is 38.9 Å². The molecule has 1 saturated heterocycles. The smallest absolute Gasteiger partial charge is 0.0954 e.